The minimum Gasteiger partial charge on any atom is -0.507 e. The van der Waals surface area contributed by atoms with Crippen LogP contribution < -0.4 is 10.5 Å². The Morgan fingerprint density at radius 2 is 1.71 bits per heavy atom. The van der Waals surface area contributed by atoms with Gasteiger partial charge in [0.05, 0.1) is 48.6 Å². The first-order valence-electron chi connectivity index (χ1n) is 16.0. The number of piperidine rings is 1. The number of benzene rings is 2. The number of fused-ring (bicyclic) bond motifs is 3. The lowest BCUT2D eigenvalue weighted by Gasteiger charge is -2.45. The van der Waals surface area contributed by atoms with E-state index in [1.165, 1.54) is 32.2 Å². The number of amides is 2. The number of likely N-dealkylation sites (tertiary alicyclic amines) is 1. The van der Waals surface area contributed by atoms with Crippen LogP contribution in [0.1, 0.15) is 88.1 Å². The van der Waals surface area contributed by atoms with Crippen molar-refractivity contribution in [3.63, 3.8) is 0 Å². The molecule has 51 heavy (non-hydrogen) atoms. The average molecular weight is 733 g/mol. The van der Waals surface area contributed by atoms with E-state index in [2.05, 4.69) is 0 Å². The van der Waals surface area contributed by atoms with Crippen molar-refractivity contribution in [3.05, 3.63) is 51.6 Å². The first-order valence-corrected chi connectivity index (χ1v) is 16.0. The number of carbonyl (C=O) groups excluding carboxylic acids is 6. The number of nitrogens with zero attached hydrogens (tertiary/aromatic N) is 1. The number of Topliss-reactive ketones (excluding diaryl/α,β-unsaturated/α-hetero) is 1. The number of rotatable bonds is 8. The monoisotopic (exact) mass is 732 g/mol. The number of ketones is 3. The zero-order valence-electron chi connectivity index (χ0n) is 27.6. The third-order valence-electron chi connectivity index (χ3n) is 9.77. The summed E-state index contributed by atoms with van der Waals surface area (Å²) in [6, 6.07) is 3.19. The van der Waals surface area contributed by atoms with E-state index in [1.54, 1.807) is 0 Å². The van der Waals surface area contributed by atoms with Crippen molar-refractivity contribution in [2.45, 2.75) is 81.7 Å². The third kappa shape index (κ3) is 6.36. The second-order valence-corrected chi connectivity index (χ2v) is 12.8. The van der Waals surface area contributed by atoms with Crippen molar-refractivity contribution in [3.8, 4) is 17.2 Å². The molecule has 17 heteroatoms. The van der Waals surface area contributed by atoms with Gasteiger partial charge in [0.1, 0.15) is 29.0 Å². The molecule has 2 saturated heterocycles. The Kier molecular flexibility index (Phi) is 10.6. The molecule has 0 unspecified atom stereocenters. The smallest absolute Gasteiger partial charge is 0.320 e. The topological polar surface area (TPSA) is 250 Å². The molecule has 16 nitrogen and oxygen atoms in total. The van der Waals surface area contributed by atoms with Gasteiger partial charge >= 0.3 is 5.97 Å². The number of carbonyl (C=O) groups is 6. The number of hydrogen-bond acceptors (Lipinski definition) is 15. The highest BCUT2D eigenvalue weighted by Crippen LogP contribution is 2.52. The van der Waals surface area contributed by atoms with Crippen molar-refractivity contribution < 1.29 is 68.1 Å². The summed E-state index contributed by atoms with van der Waals surface area (Å²) in [4.78, 5) is 79.4. The van der Waals surface area contributed by atoms with E-state index < -0.39 is 120 Å². The molecule has 0 aromatic heterocycles. The van der Waals surface area contributed by atoms with E-state index in [0.29, 0.717) is 6.42 Å². The third-order valence-corrected chi connectivity index (χ3v) is 9.77. The van der Waals surface area contributed by atoms with Crippen molar-refractivity contribution in [2.75, 3.05) is 20.3 Å². The molecule has 6 N–H and O–H groups in total. The Hall–Kier alpha value is -4.45. The van der Waals surface area contributed by atoms with E-state index in [0.717, 1.165) is 4.90 Å². The van der Waals surface area contributed by atoms with Crippen molar-refractivity contribution in [1.82, 2.24) is 4.90 Å². The first kappa shape index (κ1) is 37.8. The van der Waals surface area contributed by atoms with Crippen LogP contribution in [-0.2, 0) is 39.8 Å². The summed E-state index contributed by atoms with van der Waals surface area (Å²) in [6.07, 6.45) is -6.19. The summed E-state index contributed by atoms with van der Waals surface area (Å²) in [5.41, 5.74) is 0.922. The molecule has 274 valence electrons. The number of esters is 1. The number of phenols is 2. The number of imide groups is 1. The van der Waals surface area contributed by atoms with Crippen LogP contribution in [0.5, 0.6) is 17.2 Å². The summed E-state index contributed by atoms with van der Waals surface area (Å²) in [7, 11) is 1.29. The van der Waals surface area contributed by atoms with Crippen molar-refractivity contribution >= 4 is 47.5 Å². The molecule has 0 saturated carbocycles. The molecule has 4 aliphatic rings. The lowest BCUT2D eigenvalue weighted by molar-refractivity contribution is -0.257. The molecular formula is C34H37ClN2O14. The van der Waals surface area contributed by atoms with E-state index in [-0.39, 0.29) is 59.7 Å². The second-order valence-electron chi connectivity index (χ2n) is 12.8. The first-order chi connectivity index (χ1) is 23.7. The van der Waals surface area contributed by atoms with Gasteiger partial charge in [0.15, 0.2) is 18.7 Å². The van der Waals surface area contributed by atoms with E-state index in [4.69, 9.17) is 24.7 Å². The molecule has 6 atom stereocenters. The predicted molar refractivity (Wildman–Crippen MR) is 173 cm³/mol. The molecule has 2 aliphatic heterocycles. The minimum atomic E-state index is -2.43. The maximum atomic E-state index is 13.9. The van der Waals surface area contributed by atoms with Crippen molar-refractivity contribution in [2.24, 2.45) is 5.73 Å². The Bertz CT molecular complexity index is 1810. The maximum Gasteiger partial charge on any atom is 0.320 e. The number of halogens is 1. The van der Waals surface area contributed by atoms with E-state index in [9.17, 15) is 49.2 Å². The van der Waals surface area contributed by atoms with Gasteiger partial charge in [0, 0.05) is 48.8 Å². The Balaban J connectivity index is 0.00000504. The number of aliphatic hydroxyl groups is 2. The van der Waals surface area contributed by atoms with Crippen LogP contribution in [0.15, 0.2) is 18.2 Å². The standard InChI is InChI=1S/C34H36N2O14.ClH/c1-14-29(41)17(36-21(38)7-4-8-22(36)39)9-24(49-14)50-19-11-34(46,20(37)13-48-23(40)12-35)10-16-26(19)33(45)28-27(31(16)43)30(42)15-5-3-6-18(47-2)25(15)32(28)44;/h3,5-6,14,17,19,24,29,41,43,45-46H,4,7-13,35H2,1-2H3;1H/t14-,17-,19-,24-,29+,34-;/m0./s1. The largest absolute Gasteiger partial charge is 0.507 e. The van der Waals surface area contributed by atoms with E-state index >= 15 is 0 Å². The highest BCUT2D eigenvalue weighted by molar-refractivity contribution is 6.31. The lowest BCUT2D eigenvalue weighted by Crippen LogP contribution is -2.59. The molecular weight excluding hydrogens is 696 g/mol. The van der Waals surface area contributed by atoms with Gasteiger partial charge in [-0.05, 0) is 19.4 Å². The van der Waals surface area contributed by atoms with Crippen LogP contribution in [0.2, 0.25) is 0 Å². The van der Waals surface area contributed by atoms with Crippen LogP contribution in [0.3, 0.4) is 0 Å². The van der Waals surface area contributed by atoms with Crippen LogP contribution in [-0.4, -0.2) is 111 Å². The number of phenolic OH excluding ortho intramolecular Hbond substituents is 2. The molecule has 0 bridgehead atoms. The number of aromatic hydroxyl groups is 2. The molecule has 0 radical (unpaired) electrons. The van der Waals surface area contributed by atoms with Gasteiger partial charge in [-0.2, -0.15) is 0 Å². The second kappa shape index (κ2) is 14.3. The fourth-order valence-corrected chi connectivity index (χ4v) is 7.28. The quantitative estimate of drug-likeness (QED) is 0.120. The molecule has 2 aromatic carbocycles. The highest BCUT2D eigenvalue weighted by atomic mass is 35.5. The van der Waals surface area contributed by atoms with Crippen LogP contribution in [0.25, 0.3) is 0 Å². The van der Waals surface area contributed by atoms with Gasteiger partial charge in [-0.25, -0.2) is 0 Å². The van der Waals surface area contributed by atoms with Gasteiger partial charge < -0.3 is 45.1 Å². The number of methoxy groups -OCH3 is 1. The Labute approximate surface area is 296 Å². The van der Waals surface area contributed by atoms with Crippen molar-refractivity contribution in [1.29, 1.82) is 0 Å². The van der Waals surface area contributed by atoms with E-state index in [1.807, 2.05) is 0 Å². The number of ether oxygens (including phenoxy) is 4. The number of hydrogen-bond donors (Lipinski definition) is 5. The summed E-state index contributed by atoms with van der Waals surface area (Å²) in [5, 5.41) is 46.2. The predicted octanol–water partition coefficient (Wildman–Crippen LogP) is 0.513. The molecule has 2 aliphatic carbocycles. The molecule has 2 amide bonds. The lowest BCUT2D eigenvalue weighted by atomic mass is 9.72. The highest BCUT2D eigenvalue weighted by Gasteiger charge is 2.51. The van der Waals surface area contributed by atoms with Gasteiger partial charge in [-0.3, -0.25) is 33.7 Å². The van der Waals surface area contributed by atoms with Crippen LogP contribution >= 0.6 is 12.4 Å². The summed E-state index contributed by atoms with van der Waals surface area (Å²) in [5.74, 6) is -6.14. The van der Waals surface area contributed by atoms with Gasteiger partial charge in [0.25, 0.3) is 0 Å². The van der Waals surface area contributed by atoms with Crippen LogP contribution in [0.4, 0.5) is 0 Å². The molecule has 0 spiro atoms. The Morgan fingerprint density at radius 3 is 2.35 bits per heavy atom. The SMILES string of the molecule is COc1cccc2c1C(=O)c1c(O)c3c(c(O)c1C2=O)C[C@@](O)(C(=O)COC(=O)CN)C[C@@H]3O[C@H]1C[C@H](N2C(=O)CCCC2=O)[C@H](O)[C@H](C)O1.Cl. The summed E-state index contributed by atoms with van der Waals surface area (Å²) >= 11 is 0. The molecule has 6 rings (SSSR count). The number of nitrogens with two attached hydrogens (primary N) is 1. The van der Waals surface area contributed by atoms with Gasteiger partial charge in [0.2, 0.25) is 23.4 Å². The molecule has 2 fully saturated rings. The maximum absolute atomic E-state index is 13.9. The fraction of sp³-hybridized carbons (Fsp3) is 0.471. The Morgan fingerprint density at radius 1 is 1.04 bits per heavy atom. The zero-order valence-corrected chi connectivity index (χ0v) is 28.4. The molecule has 2 heterocycles. The van der Waals surface area contributed by atoms with Crippen LogP contribution in [0, 0.1) is 0 Å². The average Bonchev–Trinajstić information content (AvgIpc) is 3.08. The zero-order chi connectivity index (χ0) is 36.2. The fourth-order valence-electron chi connectivity index (χ4n) is 7.28. The minimum absolute atomic E-state index is 0. The van der Waals surface area contributed by atoms with Gasteiger partial charge in [-0.1, -0.05) is 12.1 Å². The summed E-state index contributed by atoms with van der Waals surface area (Å²) in [6.45, 7) is 0.0261. The molecule has 2 aromatic rings. The number of aliphatic hydroxyl groups excluding tert-OH is 1. The normalized spacial score (nSPS) is 27.2. The van der Waals surface area contributed by atoms with Gasteiger partial charge in [-0.15, -0.1) is 12.4 Å². The summed E-state index contributed by atoms with van der Waals surface area (Å²) < 4.78 is 22.3.